The Morgan fingerprint density at radius 1 is 0.408 bits per heavy atom. The van der Waals surface area contributed by atoms with Gasteiger partial charge in [0.1, 0.15) is 6.61 Å². The number of carbonyl (C=O) groups is 2. The van der Waals surface area contributed by atoms with E-state index in [0.29, 0.717) is 6.42 Å². The van der Waals surface area contributed by atoms with Gasteiger partial charge in [-0.1, -0.05) is 313 Å². The van der Waals surface area contributed by atoms with Crippen LogP contribution >= 0.6 is 7.82 Å². The highest BCUT2D eigenvalue weighted by Gasteiger charge is 2.26. The van der Waals surface area contributed by atoms with Crippen LogP contribution in [-0.2, 0) is 32.7 Å². The van der Waals surface area contributed by atoms with Gasteiger partial charge in [-0.3, -0.25) is 18.6 Å². The lowest BCUT2D eigenvalue weighted by atomic mass is 10.0. The smallest absolute Gasteiger partial charge is 0.462 e. The summed E-state index contributed by atoms with van der Waals surface area (Å²) in [6.07, 6.45) is 77.6. The number of hydrogen-bond donors (Lipinski definition) is 2. The Hall–Kier alpha value is -2.03. The summed E-state index contributed by atoms with van der Waals surface area (Å²) in [5, 5.41) is 0. The van der Waals surface area contributed by atoms with Gasteiger partial charge < -0.3 is 20.1 Å². The fourth-order valence-electron chi connectivity index (χ4n) is 9.69. The van der Waals surface area contributed by atoms with E-state index in [9.17, 15) is 19.0 Å². The van der Waals surface area contributed by atoms with Gasteiger partial charge in [0.25, 0.3) is 0 Å². The second-order valence-electron chi connectivity index (χ2n) is 22.0. The molecule has 0 aliphatic carbocycles. The summed E-state index contributed by atoms with van der Waals surface area (Å²) in [6.45, 7) is 3.70. The van der Waals surface area contributed by atoms with Gasteiger partial charge in [0.2, 0.25) is 0 Å². The van der Waals surface area contributed by atoms with Gasteiger partial charge in [0, 0.05) is 19.4 Å². The molecule has 10 heteroatoms. The van der Waals surface area contributed by atoms with Gasteiger partial charge >= 0.3 is 19.8 Å². The number of ether oxygens (including phenoxy) is 2. The third-order valence-electron chi connectivity index (χ3n) is 14.5. The first-order valence-corrected chi connectivity index (χ1v) is 34.1. The van der Waals surface area contributed by atoms with Crippen LogP contribution in [0.25, 0.3) is 0 Å². The molecule has 0 saturated carbocycles. The zero-order chi connectivity index (χ0) is 55.2. The Morgan fingerprint density at radius 2 is 0.724 bits per heavy atom. The Morgan fingerprint density at radius 3 is 1.08 bits per heavy atom. The summed E-state index contributed by atoms with van der Waals surface area (Å²) in [4.78, 5) is 35.3. The number of phosphoric ester groups is 1. The molecule has 0 amide bonds. The van der Waals surface area contributed by atoms with Crippen molar-refractivity contribution in [1.82, 2.24) is 0 Å². The van der Waals surface area contributed by atoms with Gasteiger partial charge in [0.15, 0.2) is 6.10 Å². The summed E-state index contributed by atoms with van der Waals surface area (Å²) >= 11 is 0. The van der Waals surface area contributed by atoms with Crippen LogP contribution in [-0.4, -0.2) is 49.3 Å². The summed E-state index contributed by atoms with van der Waals surface area (Å²) in [7, 11) is -4.39. The molecule has 0 fully saturated rings. The van der Waals surface area contributed by atoms with Crippen molar-refractivity contribution in [3.05, 3.63) is 48.6 Å². The number of allylic oxidation sites excluding steroid dienone is 8. The van der Waals surface area contributed by atoms with Crippen LogP contribution in [0, 0.1) is 0 Å². The third kappa shape index (κ3) is 61.2. The van der Waals surface area contributed by atoms with E-state index in [2.05, 4.69) is 62.5 Å². The number of nitrogens with two attached hydrogens (primary N) is 1. The molecule has 0 aliphatic rings. The molecule has 0 bridgehead atoms. The van der Waals surface area contributed by atoms with Crippen molar-refractivity contribution in [2.75, 3.05) is 26.4 Å². The maximum atomic E-state index is 12.7. The molecule has 0 aromatic rings. The van der Waals surface area contributed by atoms with Crippen molar-refractivity contribution >= 4 is 19.8 Å². The molecule has 0 rings (SSSR count). The fraction of sp³-hybridized carbons (Fsp3) is 0.848. The quantitative estimate of drug-likeness (QED) is 0.0264. The summed E-state index contributed by atoms with van der Waals surface area (Å²) in [5.74, 6) is -0.809. The van der Waals surface area contributed by atoms with Crippen molar-refractivity contribution in [3.8, 4) is 0 Å². The number of carbonyl (C=O) groups excluding carboxylic acids is 2. The number of unbranched alkanes of at least 4 members (excludes halogenated alkanes) is 41. The summed E-state index contributed by atoms with van der Waals surface area (Å²) in [5.41, 5.74) is 5.40. The van der Waals surface area contributed by atoms with Crippen LogP contribution in [0.3, 0.4) is 0 Å². The lowest BCUT2D eigenvalue weighted by Gasteiger charge is -2.19. The maximum absolute atomic E-state index is 12.7. The average molecular weight is 1090 g/mol. The van der Waals surface area contributed by atoms with Crippen molar-refractivity contribution in [3.63, 3.8) is 0 Å². The van der Waals surface area contributed by atoms with E-state index in [0.717, 1.165) is 64.2 Å². The lowest BCUT2D eigenvalue weighted by Crippen LogP contribution is -2.29. The van der Waals surface area contributed by atoms with E-state index in [1.54, 1.807) is 0 Å². The van der Waals surface area contributed by atoms with Crippen LogP contribution < -0.4 is 5.73 Å². The molecule has 446 valence electrons. The number of phosphoric acid groups is 1. The minimum absolute atomic E-state index is 0.0550. The second kappa shape index (κ2) is 62.2. The van der Waals surface area contributed by atoms with Crippen molar-refractivity contribution in [2.24, 2.45) is 5.73 Å². The second-order valence-corrected chi connectivity index (χ2v) is 23.4. The highest BCUT2D eigenvalue weighted by Crippen LogP contribution is 2.43. The largest absolute Gasteiger partial charge is 0.472 e. The maximum Gasteiger partial charge on any atom is 0.472 e. The standard InChI is InChI=1S/C66H124NO8P/c1-3-5-7-9-11-13-15-17-19-21-23-25-27-29-31-32-33-35-37-39-41-43-45-47-49-51-53-55-57-59-66(69)75-64(63-74-76(70,71)73-61-60-67)62-72-65(68)58-56-54-52-50-48-46-44-42-40-38-36-34-30-28-26-24-22-20-18-16-14-12-10-8-6-4-2/h5,7,11,13,17,19,23,25,64H,3-4,6,8-10,12,14-16,18,20-22,24,26-63,67H2,1-2H3,(H,70,71)/b7-5-,13-11-,19-17-,25-23-. The fourth-order valence-corrected chi connectivity index (χ4v) is 10.5. The van der Waals surface area contributed by atoms with E-state index in [1.807, 2.05) is 0 Å². The molecule has 2 unspecified atom stereocenters. The number of hydrogen-bond acceptors (Lipinski definition) is 8. The van der Waals surface area contributed by atoms with Gasteiger partial charge in [-0.25, -0.2) is 4.57 Å². The zero-order valence-corrected chi connectivity index (χ0v) is 50.9. The predicted octanol–water partition coefficient (Wildman–Crippen LogP) is 20.9. The molecule has 0 radical (unpaired) electrons. The normalized spacial score (nSPS) is 13.3. The molecule has 0 heterocycles. The minimum atomic E-state index is -4.39. The number of esters is 2. The van der Waals surface area contributed by atoms with Crippen LogP contribution in [0.1, 0.15) is 328 Å². The van der Waals surface area contributed by atoms with Crippen molar-refractivity contribution in [2.45, 2.75) is 335 Å². The van der Waals surface area contributed by atoms with Gasteiger partial charge in [-0.2, -0.15) is 0 Å². The molecule has 0 aromatic carbocycles. The molecule has 0 saturated heterocycles. The van der Waals surface area contributed by atoms with E-state index in [4.69, 9.17) is 24.3 Å². The van der Waals surface area contributed by atoms with E-state index in [1.165, 1.54) is 231 Å². The summed E-state index contributed by atoms with van der Waals surface area (Å²) in [6, 6.07) is 0. The molecule has 76 heavy (non-hydrogen) atoms. The number of rotatable bonds is 62. The average Bonchev–Trinajstić information content (AvgIpc) is 3.41. The molecule has 0 aromatic heterocycles. The molecule has 0 spiro atoms. The molecule has 9 nitrogen and oxygen atoms in total. The molecule has 2 atom stereocenters. The minimum Gasteiger partial charge on any atom is -0.462 e. The Labute approximate surface area is 470 Å². The predicted molar refractivity (Wildman–Crippen MR) is 326 cm³/mol. The van der Waals surface area contributed by atoms with Gasteiger partial charge in [-0.05, 0) is 51.4 Å². The van der Waals surface area contributed by atoms with Crippen molar-refractivity contribution < 1.29 is 37.6 Å². The van der Waals surface area contributed by atoms with E-state index >= 15 is 0 Å². The topological polar surface area (TPSA) is 134 Å². The Balaban J connectivity index is 3.87. The Kier molecular flexibility index (Phi) is 60.5. The van der Waals surface area contributed by atoms with E-state index in [-0.39, 0.29) is 38.6 Å². The van der Waals surface area contributed by atoms with Crippen LogP contribution in [0.2, 0.25) is 0 Å². The first kappa shape index (κ1) is 74.0. The lowest BCUT2D eigenvalue weighted by molar-refractivity contribution is -0.161. The zero-order valence-electron chi connectivity index (χ0n) is 50.0. The van der Waals surface area contributed by atoms with Gasteiger partial charge in [0.05, 0.1) is 13.2 Å². The molecular formula is C66H124NO8P. The van der Waals surface area contributed by atoms with E-state index < -0.39 is 26.5 Å². The molecule has 3 N–H and O–H groups in total. The van der Waals surface area contributed by atoms with Crippen LogP contribution in [0.5, 0.6) is 0 Å². The molecular weight excluding hydrogens is 966 g/mol. The van der Waals surface area contributed by atoms with Crippen molar-refractivity contribution in [1.29, 1.82) is 0 Å². The Bertz CT molecular complexity index is 1380. The molecule has 0 aliphatic heterocycles. The monoisotopic (exact) mass is 1090 g/mol. The van der Waals surface area contributed by atoms with Crippen LogP contribution in [0.4, 0.5) is 0 Å². The summed E-state index contributed by atoms with van der Waals surface area (Å²) < 4.78 is 33.1. The van der Waals surface area contributed by atoms with Gasteiger partial charge in [-0.15, -0.1) is 0 Å². The van der Waals surface area contributed by atoms with Crippen LogP contribution in [0.15, 0.2) is 48.6 Å². The highest BCUT2D eigenvalue weighted by atomic mass is 31.2. The SMILES string of the molecule is CC/C=C\C/C=C\C/C=C\C/C=C\CCCCCCCCCCCCCCCCCCC(=O)OC(COC(=O)CCCCCCCCCCCCCCCCCCCCCCCCCCCC)COP(=O)(O)OCCN. The third-order valence-corrected chi connectivity index (χ3v) is 15.5. The first-order chi connectivity index (χ1) is 37.3. The first-order valence-electron chi connectivity index (χ1n) is 32.6. The highest BCUT2D eigenvalue weighted by molar-refractivity contribution is 7.47.